The average molecular weight is 531 g/mol. The first-order valence-electron chi connectivity index (χ1n) is 10.5. The van der Waals surface area contributed by atoms with Crippen LogP contribution < -0.4 is 19.1 Å². The topological polar surface area (TPSA) is 84.9 Å². The van der Waals surface area contributed by atoms with Crippen molar-refractivity contribution in [1.82, 2.24) is 0 Å². The van der Waals surface area contributed by atoms with E-state index in [1.807, 2.05) is 6.92 Å². The molecule has 0 spiro atoms. The van der Waals surface area contributed by atoms with Gasteiger partial charge < -0.3 is 14.8 Å². The van der Waals surface area contributed by atoms with Crippen LogP contribution in [0, 0.1) is 6.92 Å². The molecule has 35 heavy (non-hydrogen) atoms. The Hall–Kier alpha value is -3.27. The van der Waals surface area contributed by atoms with E-state index in [1.165, 1.54) is 36.9 Å². The molecule has 0 atom stereocenters. The van der Waals surface area contributed by atoms with E-state index >= 15 is 0 Å². The number of aryl methyl sites for hydroxylation is 1. The molecular weight excluding hydrogens is 508 g/mol. The molecule has 0 unspecified atom stereocenters. The molecule has 0 saturated carbocycles. The van der Waals surface area contributed by atoms with E-state index in [1.54, 1.807) is 60.7 Å². The van der Waals surface area contributed by atoms with E-state index in [4.69, 9.17) is 21.1 Å². The van der Waals surface area contributed by atoms with Crippen molar-refractivity contribution in [2.24, 2.45) is 0 Å². The van der Waals surface area contributed by atoms with E-state index in [2.05, 4.69) is 5.32 Å². The van der Waals surface area contributed by atoms with Crippen molar-refractivity contribution in [3.63, 3.8) is 0 Å². The predicted octanol–water partition coefficient (Wildman–Crippen LogP) is 5.96. The van der Waals surface area contributed by atoms with Crippen LogP contribution in [0.1, 0.15) is 15.2 Å². The first kappa shape index (κ1) is 24.8. The molecule has 7 nitrogen and oxygen atoms in total. The Kier molecular flexibility index (Phi) is 6.93. The fourth-order valence-corrected chi connectivity index (χ4v) is 6.17. The second-order valence-electron chi connectivity index (χ2n) is 7.76. The zero-order chi connectivity index (χ0) is 25.3. The monoisotopic (exact) mass is 530 g/mol. The summed E-state index contributed by atoms with van der Waals surface area (Å²) in [6.45, 7) is 1.82. The van der Waals surface area contributed by atoms with Gasteiger partial charge in [-0.3, -0.25) is 9.10 Å². The summed E-state index contributed by atoms with van der Waals surface area (Å²) in [5.41, 5.74) is 1.81. The van der Waals surface area contributed by atoms with Gasteiger partial charge in [0.15, 0.2) is 0 Å². The Morgan fingerprint density at radius 2 is 1.69 bits per heavy atom. The largest absolute Gasteiger partial charge is 0.495 e. The number of nitrogens with one attached hydrogen (secondary N) is 1. The van der Waals surface area contributed by atoms with E-state index < -0.39 is 10.0 Å². The molecule has 1 heterocycles. The van der Waals surface area contributed by atoms with Gasteiger partial charge in [-0.1, -0.05) is 17.7 Å². The van der Waals surface area contributed by atoms with Crippen molar-refractivity contribution >= 4 is 60.3 Å². The van der Waals surface area contributed by atoms with Gasteiger partial charge in [0.05, 0.1) is 29.8 Å². The Morgan fingerprint density at radius 3 is 2.37 bits per heavy atom. The number of carbonyl (C=O) groups is 1. The molecule has 1 amide bonds. The summed E-state index contributed by atoms with van der Waals surface area (Å²) in [5.74, 6) is 0.498. The Labute approximate surface area is 212 Å². The number of hydrogen-bond donors (Lipinski definition) is 1. The molecule has 182 valence electrons. The van der Waals surface area contributed by atoms with Crippen LogP contribution in [-0.2, 0) is 10.0 Å². The number of hydrogen-bond acceptors (Lipinski definition) is 6. The van der Waals surface area contributed by atoms with Crippen molar-refractivity contribution in [1.29, 1.82) is 0 Å². The van der Waals surface area contributed by atoms with Crippen molar-refractivity contribution < 1.29 is 22.7 Å². The summed E-state index contributed by atoms with van der Waals surface area (Å²) in [6.07, 6.45) is 0. The molecule has 4 rings (SSSR count). The minimum atomic E-state index is -3.88. The number of anilines is 2. The highest BCUT2D eigenvalue weighted by Gasteiger charge is 2.26. The number of rotatable bonds is 7. The zero-order valence-electron chi connectivity index (χ0n) is 19.5. The maximum Gasteiger partial charge on any atom is 0.267 e. The third-order valence-electron chi connectivity index (χ3n) is 5.45. The van der Waals surface area contributed by atoms with Crippen molar-refractivity contribution in [2.75, 3.05) is 30.9 Å². The molecular formula is C25H23ClN2O5S2. The highest BCUT2D eigenvalue weighted by atomic mass is 35.5. The highest BCUT2D eigenvalue weighted by Crippen LogP contribution is 2.34. The number of amides is 1. The third-order valence-corrected chi connectivity index (χ3v) is 8.67. The predicted molar refractivity (Wildman–Crippen MR) is 141 cm³/mol. The Bertz CT molecular complexity index is 1530. The molecule has 0 aliphatic rings. The summed E-state index contributed by atoms with van der Waals surface area (Å²) in [7, 11) is 0.572. The number of halogens is 1. The van der Waals surface area contributed by atoms with Crippen LogP contribution in [0.3, 0.4) is 0 Å². The maximum atomic E-state index is 13.4. The zero-order valence-corrected chi connectivity index (χ0v) is 21.8. The van der Waals surface area contributed by atoms with Crippen LogP contribution in [0.25, 0.3) is 10.1 Å². The molecule has 3 aromatic carbocycles. The van der Waals surface area contributed by atoms with Gasteiger partial charge in [-0.15, -0.1) is 11.3 Å². The van der Waals surface area contributed by atoms with Gasteiger partial charge in [0.2, 0.25) is 0 Å². The molecule has 0 aliphatic heterocycles. The van der Waals surface area contributed by atoms with Crippen LogP contribution in [-0.4, -0.2) is 35.6 Å². The normalized spacial score (nSPS) is 11.3. The van der Waals surface area contributed by atoms with Crippen LogP contribution in [0.5, 0.6) is 11.5 Å². The summed E-state index contributed by atoms with van der Waals surface area (Å²) in [6, 6.07) is 17.0. The summed E-state index contributed by atoms with van der Waals surface area (Å²) in [5, 5.41) is 3.97. The van der Waals surface area contributed by atoms with Gasteiger partial charge in [-0.25, -0.2) is 8.42 Å². The van der Waals surface area contributed by atoms with E-state index in [-0.39, 0.29) is 16.6 Å². The molecule has 0 radical (unpaired) electrons. The van der Waals surface area contributed by atoms with Crippen LogP contribution in [0.15, 0.2) is 65.6 Å². The number of fused-ring (bicyclic) bond motifs is 1. The van der Waals surface area contributed by atoms with Gasteiger partial charge in [0, 0.05) is 17.4 Å². The van der Waals surface area contributed by atoms with E-state index in [0.717, 1.165) is 15.6 Å². The minimum absolute atomic E-state index is 0.0890. The lowest BCUT2D eigenvalue weighted by Gasteiger charge is -2.21. The lowest BCUT2D eigenvalue weighted by Crippen LogP contribution is -2.27. The number of thiophene rings is 1. The number of ether oxygens (including phenoxy) is 2. The molecule has 1 N–H and O–H groups in total. The van der Waals surface area contributed by atoms with E-state index in [9.17, 15) is 13.2 Å². The van der Waals surface area contributed by atoms with Gasteiger partial charge in [0.1, 0.15) is 16.4 Å². The lowest BCUT2D eigenvalue weighted by atomic mass is 10.2. The molecule has 0 fully saturated rings. The standard InChI is InChI=1S/C25H23ClN2O5S2/c1-15-5-8-21(33-4)24(11-15)35(30,31)28(2)18-7-10-22-16(12-18)13-23(34-22)25(29)27-17-6-9-20(32-3)19(26)14-17/h5-14H,1-4H3,(H,27,29). The third kappa shape index (κ3) is 4.93. The molecule has 0 bridgehead atoms. The Morgan fingerprint density at radius 1 is 0.971 bits per heavy atom. The maximum absolute atomic E-state index is 13.4. The Balaban J connectivity index is 1.62. The number of carbonyl (C=O) groups excluding carboxylic acids is 1. The van der Waals surface area contributed by atoms with Crippen molar-refractivity contribution in [2.45, 2.75) is 11.8 Å². The van der Waals surface area contributed by atoms with Gasteiger partial charge in [-0.2, -0.15) is 0 Å². The minimum Gasteiger partial charge on any atom is -0.495 e. The fourth-order valence-electron chi connectivity index (χ4n) is 3.55. The number of nitrogens with zero attached hydrogens (tertiary/aromatic N) is 1. The van der Waals surface area contributed by atoms with Crippen molar-refractivity contribution in [3.8, 4) is 11.5 Å². The molecule has 0 aliphatic carbocycles. The number of benzene rings is 3. The molecule has 1 aromatic heterocycles. The first-order chi connectivity index (χ1) is 16.6. The van der Waals surface area contributed by atoms with Gasteiger partial charge in [0.25, 0.3) is 15.9 Å². The van der Waals surface area contributed by atoms with Crippen molar-refractivity contribution in [3.05, 3.63) is 76.1 Å². The van der Waals surface area contributed by atoms with Gasteiger partial charge in [-0.05, 0) is 72.5 Å². The van der Waals surface area contributed by atoms with E-state index in [0.29, 0.717) is 27.0 Å². The molecule has 4 aromatic rings. The first-order valence-corrected chi connectivity index (χ1v) is 13.1. The molecule has 0 saturated heterocycles. The summed E-state index contributed by atoms with van der Waals surface area (Å²) >= 11 is 7.45. The summed E-state index contributed by atoms with van der Waals surface area (Å²) < 4.78 is 39.2. The average Bonchev–Trinajstić information content (AvgIpc) is 3.27. The quantitative estimate of drug-likeness (QED) is 0.319. The summed E-state index contributed by atoms with van der Waals surface area (Å²) in [4.78, 5) is 13.4. The second kappa shape index (κ2) is 9.77. The highest BCUT2D eigenvalue weighted by molar-refractivity contribution is 7.93. The smallest absolute Gasteiger partial charge is 0.267 e. The number of methoxy groups -OCH3 is 2. The lowest BCUT2D eigenvalue weighted by molar-refractivity contribution is 0.103. The molecule has 10 heteroatoms. The van der Waals surface area contributed by atoms with Crippen LogP contribution in [0.2, 0.25) is 5.02 Å². The SMILES string of the molecule is COc1ccc(NC(=O)c2cc3cc(N(C)S(=O)(=O)c4cc(C)ccc4OC)ccc3s2)cc1Cl. The van der Waals surface area contributed by atoms with Crippen LogP contribution >= 0.6 is 22.9 Å². The number of sulfonamides is 1. The fraction of sp³-hybridized carbons (Fsp3) is 0.160. The second-order valence-corrected chi connectivity index (χ2v) is 11.2. The van der Waals surface area contributed by atoms with Gasteiger partial charge >= 0.3 is 0 Å². The van der Waals surface area contributed by atoms with Crippen LogP contribution in [0.4, 0.5) is 11.4 Å².